The van der Waals surface area contributed by atoms with Gasteiger partial charge in [0.1, 0.15) is 0 Å². The van der Waals surface area contributed by atoms with Gasteiger partial charge in [-0.15, -0.1) is 0 Å². The minimum Gasteiger partial charge on any atom is -0.349 e. The van der Waals surface area contributed by atoms with Crippen molar-refractivity contribution in [3.63, 3.8) is 0 Å². The maximum absolute atomic E-state index is 13.9. The van der Waals surface area contributed by atoms with Crippen LogP contribution in [0.2, 0.25) is 5.02 Å². The first kappa shape index (κ1) is 21.0. The van der Waals surface area contributed by atoms with Gasteiger partial charge in [-0.05, 0) is 30.2 Å². The van der Waals surface area contributed by atoms with Crippen LogP contribution in [-0.2, 0) is 14.3 Å². The molecule has 2 fully saturated rings. The molecular weight excluding hydrogens is 454 g/mol. The van der Waals surface area contributed by atoms with E-state index in [1.807, 2.05) is 13.0 Å². The van der Waals surface area contributed by atoms with Crippen molar-refractivity contribution < 1.29 is 23.9 Å². The van der Waals surface area contributed by atoms with E-state index in [0.717, 1.165) is 10.5 Å². The number of Topliss-reactive ketones (excluding diaryl/α,β-unsaturated/α-hetero) is 2. The molecule has 0 aromatic heterocycles. The van der Waals surface area contributed by atoms with Gasteiger partial charge in [-0.1, -0.05) is 72.3 Å². The second-order valence-electron chi connectivity index (χ2n) is 8.84. The van der Waals surface area contributed by atoms with Crippen molar-refractivity contribution in [1.82, 2.24) is 0 Å². The molecule has 34 heavy (non-hydrogen) atoms. The van der Waals surface area contributed by atoms with Gasteiger partial charge < -0.3 is 4.74 Å². The lowest BCUT2D eigenvalue weighted by atomic mass is 9.77. The van der Waals surface area contributed by atoms with E-state index in [4.69, 9.17) is 16.3 Å². The zero-order chi connectivity index (χ0) is 23.8. The zero-order valence-electron chi connectivity index (χ0n) is 18.0. The number of anilines is 1. The summed E-state index contributed by atoms with van der Waals surface area (Å²) < 4.78 is 6.24. The number of ether oxygens (including phenoxy) is 1. The Morgan fingerprint density at radius 2 is 1.44 bits per heavy atom. The van der Waals surface area contributed by atoms with E-state index in [2.05, 4.69) is 0 Å². The Morgan fingerprint density at radius 3 is 2.06 bits per heavy atom. The fourth-order valence-corrected chi connectivity index (χ4v) is 5.61. The van der Waals surface area contributed by atoms with Crippen LogP contribution in [0.5, 0.6) is 0 Å². The third-order valence-corrected chi connectivity index (χ3v) is 7.47. The van der Waals surface area contributed by atoms with Gasteiger partial charge >= 0.3 is 0 Å². The van der Waals surface area contributed by atoms with Crippen LogP contribution in [0.3, 0.4) is 0 Å². The van der Waals surface area contributed by atoms with Crippen LogP contribution in [0.4, 0.5) is 5.69 Å². The van der Waals surface area contributed by atoms with Crippen LogP contribution in [0.25, 0.3) is 0 Å². The molecular formula is C27H18ClNO5. The second-order valence-corrected chi connectivity index (χ2v) is 9.24. The van der Waals surface area contributed by atoms with Crippen molar-refractivity contribution in [3.8, 4) is 0 Å². The van der Waals surface area contributed by atoms with Crippen molar-refractivity contribution in [3.05, 3.63) is 100 Å². The van der Waals surface area contributed by atoms with Crippen molar-refractivity contribution in [2.45, 2.75) is 18.6 Å². The Bertz CT molecular complexity index is 1380. The molecule has 0 radical (unpaired) electrons. The largest absolute Gasteiger partial charge is 0.349 e. The summed E-state index contributed by atoms with van der Waals surface area (Å²) in [5.41, 5.74) is 0.0517. The quantitative estimate of drug-likeness (QED) is 0.410. The second kappa shape index (κ2) is 7.19. The van der Waals surface area contributed by atoms with Crippen LogP contribution in [0.15, 0.2) is 72.8 Å². The van der Waals surface area contributed by atoms with Crippen LogP contribution in [0.1, 0.15) is 37.9 Å². The van der Waals surface area contributed by atoms with E-state index in [-0.39, 0.29) is 11.1 Å². The van der Waals surface area contributed by atoms with Crippen molar-refractivity contribution in [2.75, 3.05) is 4.90 Å². The van der Waals surface area contributed by atoms with E-state index in [0.29, 0.717) is 16.3 Å². The summed E-state index contributed by atoms with van der Waals surface area (Å²) in [6.45, 7) is 1.82. The minimum atomic E-state index is -2.08. The number of imide groups is 1. The fraction of sp³-hybridized carbons (Fsp3) is 0.185. The lowest BCUT2D eigenvalue weighted by molar-refractivity contribution is -0.127. The third kappa shape index (κ3) is 2.55. The molecule has 3 aliphatic rings. The number of hydrogen-bond donors (Lipinski definition) is 0. The van der Waals surface area contributed by atoms with Crippen LogP contribution < -0.4 is 4.90 Å². The molecule has 0 N–H and O–H groups in total. The molecule has 2 saturated heterocycles. The molecule has 0 saturated carbocycles. The molecule has 2 amide bonds. The van der Waals surface area contributed by atoms with Crippen LogP contribution in [-0.4, -0.2) is 29.0 Å². The molecule has 1 spiro atoms. The summed E-state index contributed by atoms with van der Waals surface area (Å²) in [6, 6.07) is 20.2. The van der Waals surface area contributed by atoms with Gasteiger partial charge in [0.2, 0.25) is 29.0 Å². The molecule has 2 heterocycles. The van der Waals surface area contributed by atoms with Crippen LogP contribution >= 0.6 is 11.6 Å². The van der Waals surface area contributed by atoms with Gasteiger partial charge in [-0.25, -0.2) is 4.90 Å². The third-order valence-electron chi connectivity index (χ3n) is 7.06. The number of benzene rings is 3. The van der Waals surface area contributed by atoms with Gasteiger partial charge in [0.05, 0.1) is 23.6 Å². The van der Waals surface area contributed by atoms with Gasteiger partial charge in [0, 0.05) is 16.1 Å². The summed E-state index contributed by atoms with van der Waals surface area (Å²) >= 11 is 6.28. The molecule has 6 rings (SSSR count). The normalized spacial score (nSPS) is 24.8. The SMILES string of the molecule is Cc1ccc(N2C(=O)[C@H]3[C@@H](c4ccccc4)OC4(C(=O)c5ccccc5C4=O)[C@@H]3C2=O)cc1Cl. The number of carbonyl (C=O) groups excluding carboxylic acids is 4. The van der Waals surface area contributed by atoms with E-state index in [1.54, 1.807) is 66.7 Å². The van der Waals surface area contributed by atoms with Crippen LogP contribution in [0, 0.1) is 18.8 Å². The Balaban J connectivity index is 1.55. The first-order chi connectivity index (χ1) is 16.4. The molecule has 0 unspecified atom stereocenters. The number of hydrogen-bond acceptors (Lipinski definition) is 5. The summed E-state index contributed by atoms with van der Waals surface area (Å²) in [6.07, 6.45) is -0.934. The molecule has 168 valence electrons. The highest BCUT2D eigenvalue weighted by Gasteiger charge is 2.74. The molecule has 3 aromatic rings. The standard InChI is InChI=1S/C27H18ClNO5/c1-14-11-12-16(13-19(14)28)29-25(32)20-21(26(29)33)27(34-22(20)15-7-3-2-4-8-15)23(30)17-9-5-6-10-18(17)24(27)31/h2-13,20-22H,1H3/t20-,21+,22-/m1/s1. The molecule has 6 nitrogen and oxygen atoms in total. The minimum absolute atomic E-state index is 0.206. The Morgan fingerprint density at radius 1 is 0.824 bits per heavy atom. The van der Waals surface area contributed by atoms with E-state index >= 15 is 0 Å². The first-order valence-electron chi connectivity index (χ1n) is 10.9. The molecule has 3 atom stereocenters. The van der Waals surface area contributed by atoms with Crippen molar-refractivity contribution in [2.24, 2.45) is 11.8 Å². The first-order valence-corrected chi connectivity index (χ1v) is 11.3. The smallest absolute Gasteiger partial charge is 0.241 e. The van der Waals surface area contributed by atoms with E-state index < -0.39 is 46.9 Å². The number of rotatable bonds is 2. The van der Waals surface area contributed by atoms with E-state index in [9.17, 15) is 19.2 Å². The van der Waals surface area contributed by atoms with Gasteiger partial charge in [0.15, 0.2) is 0 Å². The molecule has 1 aliphatic carbocycles. The highest BCUT2D eigenvalue weighted by molar-refractivity contribution is 6.37. The molecule has 0 bridgehead atoms. The molecule has 2 aliphatic heterocycles. The highest BCUT2D eigenvalue weighted by Crippen LogP contribution is 2.57. The molecule has 3 aromatic carbocycles. The lowest BCUT2D eigenvalue weighted by Crippen LogP contribution is -2.51. The maximum Gasteiger partial charge on any atom is 0.241 e. The number of halogens is 1. The van der Waals surface area contributed by atoms with E-state index in [1.165, 1.54) is 0 Å². The maximum atomic E-state index is 13.9. The van der Waals surface area contributed by atoms with Crippen molar-refractivity contribution >= 4 is 40.7 Å². The fourth-order valence-electron chi connectivity index (χ4n) is 5.44. The average Bonchev–Trinajstić information content (AvgIpc) is 3.42. The summed E-state index contributed by atoms with van der Waals surface area (Å²) in [5.74, 6) is -4.62. The van der Waals surface area contributed by atoms with Gasteiger partial charge in [0.25, 0.3) is 0 Å². The van der Waals surface area contributed by atoms with Gasteiger partial charge in [-0.3, -0.25) is 19.2 Å². The number of aryl methyl sites for hydroxylation is 1. The predicted molar refractivity (Wildman–Crippen MR) is 124 cm³/mol. The predicted octanol–water partition coefficient (Wildman–Crippen LogP) is 4.34. The topological polar surface area (TPSA) is 80.8 Å². The lowest BCUT2D eigenvalue weighted by Gasteiger charge is -2.27. The summed E-state index contributed by atoms with van der Waals surface area (Å²) in [4.78, 5) is 56.1. The number of ketones is 2. The summed E-state index contributed by atoms with van der Waals surface area (Å²) in [7, 11) is 0. The highest BCUT2D eigenvalue weighted by atomic mass is 35.5. The number of nitrogens with zero attached hydrogens (tertiary/aromatic N) is 1. The Kier molecular flexibility index (Phi) is 4.43. The number of carbonyl (C=O) groups is 4. The average molecular weight is 472 g/mol. The van der Waals surface area contributed by atoms with Crippen molar-refractivity contribution in [1.29, 1.82) is 0 Å². The zero-order valence-corrected chi connectivity index (χ0v) is 18.8. The Labute approximate surface area is 200 Å². The molecule has 7 heteroatoms. The number of fused-ring (bicyclic) bond motifs is 3. The number of amides is 2. The summed E-state index contributed by atoms with van der Waals surface area (Å²) in [5, 5.41) is 0.404. The Hall–Kier alpha value is -3.61. The van der Waals surface area contributed by atoms with Gasteiger partial charge in [-0.2, -0.15) is 0 Å². The monoisotopic (exact) mass is 471 g/mol.